The van der Waals surface area contributed by atoms with Gasteiger partial charge in [0, 0.05) is 0 Å². The van der Waals surface area contributed by atoms with E-state index in [-0.39, 0.29) is 6.10 Å². The van der Waals surface area contributed by atoms with Crippen molar-refractivity contribution in [2.24, 2.45) is 0 Å². The zero-order chi connectivity index (χ0) is 11.0. The lowest BCUT2D eigenvalue weighted by Gasteiger charge is -2.04. The summed E-state index contributed by atoms with van der Waals surface area (Å²) in [4.78, 5) is 0. The fraction of sp³-hybridized carbons (Fsp3) is 0.200. The molecule has 1 nitrogen and oxygen atoms in total. The van der Waals surface area contributed by atoms with Gasteiger partial charge in [-0.2, -0.15) is 0 Å². The minimum absolute atomic E-state index is 0.249. The zero-order valence-electron chi connectivity index (χ0n) is 9.06. The fourth-order valence-electron chi connectivity index (χ4n) is 2.33. The van der Waals surface area contributed by atoms with Gasteiger partial charge in [0.25, 0.3) is 0 Å². The second-order valence-electron chi connectivity index (χ2n) is 4.36. The van der Waals surface area contributed by atoms with Gasteiger partial charge in [0.05, 0.1) is 6.10 Å². The highest BCUT2D eigenvalue weighted by Gasteiger charge is 2.14. The molecule has 0 heterocycles. The SMILES string of the molecule is OC1C=C(c2ccc3ccccc3c2)CC1. The molecule has 0 bridgehead atoms. The highest BCUT2D eigenvalue weighted by molar-refractivity contribution is 5.86. The van der Waals surface area contributed by atoms with E-state index in [9.17, 15) is 5.11 Å². The number of rotatable bonds is 1. The second kappa shape index (κ2) is 3.76. The topological polar surface area (TPSA) is 20.2 Å². The van der Waals surface area contributed by atoms with Crippen molar-refractivity contribution >= 4 is 16.3 Å². The summed E-state index contributed by atoms with van der Waals surface area (Å²) in [6.07, 6.45) is 3.58. The lowest BCUT2D eigenvalue weighted by Crippen LogP contribution is -1.93. The van der Waals surface area contributed by atoms with Gasteiger partial charge in [-0.15, -0.1) is 0 Å². The Morgan fingerprint density at radius 2 is 1.81 bits per heavy atom. The van der Waals surface area contributed by atoms with Gasteiger partial charge in [-0.05, 0) is 40.8 Å². The Morgan fingerprint density at radius 3 is 2.56 bits per heavy atom. The molecule has 0 aromatic heterocycles. The van der Waals surface area contributed by atoms with Crippen LogP contribution in [0.25, 0.3) is 16.3 Å². The Morgan fingerprint density at radius 1 is 1.00 bits per heavy atom. The maximum atomic E-state index is 9.50. The van der Waals surface area contributed by atoms with Crippen LogP contribution < -0.4 is 0 Å². The van der Waals surface area contributed by atoms with Crippen LogP contribution in [0.2, 0.25) is 0 Å². The summed E-state index contributed by atoms with van der Waals surface area (Å²) < 4.78 is 0. The molecule has 1 aliphatic rings. The lowest BCUT2D eigenvalue weighted by molar-refractivity contribution is 0.223. The summed E-state index contributed by atoms with van der Waals surface area (Å²) >= 11 is 0. The first-order valence-electron chi connectivity index (χ1n) is 5.71. The van der Waals surface area contributed by atoms with Gasteiger partial charge in [-0.1, -0.05) is 42.5 Å². The average Bonchev–Trinajstić information content (AvgIpc) is 2.75. The Hall–Kier alpha value is -1.60. The van der Waals surface area contributed by atoms with E-state index in [0.717, 1.165) is 12.8 Å². The van der Waals surface area contributed by atoms with Crippen LogP contribution >= 0.6 is 0 Å². The van der Waals surface area contributed by atoms with Crippen LogP contribution in [-0.2, 0) is 0 Å². The van der Waals surface area contributed by atoms with Crippen molar-refractivity contribution in [3.63, 3.8) is 0 Å². The van der Waals surface area contributed by atoms with Crippen LogP contribution in [-0.4, -0.2) is 11.2 Å². The predicted molar refractivity (Wildman–Crippen MR) is 67.2 cm³/mol. The average molecular weight is 210 g/mol. The molecule has 0 fully saturated rings. The van der Waals surface area contributed by atoms with Crippen molar-refractivity contribution in [3.8, 4) is 0 Å². The molecule has 1 aliphatic carbocycles. The smallest absolute Gasteiger partial charge is 0.0730 e. The molecule has 16 heavy (non-hydrogen) atoms. The van der Waals surface area contributed by atoms with Crippen molar-refractivity contribution in [1.82, 2.24) is 0 Å². The maximum absolute atomic E-state index is 9.50. The second-order valence-corrected chi connectivity index (χ2v) is 4.36. The summed E-state index contributed by atoms with van der Waals surface area (Å²) in [6, 6.07) is 14.9. The third-order valence-corrected chi connectivity index (χ3v) is 3.22. The zero-order valence-corrected chi connectivity index (χ0v) is 9.06. The molecule has 0 spiro atoms. The number of aliphatic hydroxyl groups excluding tert-OH is 1. The van der Waals surface area contributed by atoms with Gasteiger partial charge in [-0.3, -0.25) is 0 Å². The first kappa shape index (κ1) is 9.61. The molecular formula is C15H14O. The van der Waals surface area contributed by atoms with Crippen LogP contribution in [0.15, 0.2) is 48.5 Å². The van der Waals surface area contributed by atoms with Gasteiger partial charge in [0.1, 0.15) is 0 Å². The van der Waals surface area contributed by atoms with Gasteiger partial charge in [0.15, 0.2) is 0 Å². The van der Waals surface area contributed by atoms with Gasteiger partial charge in [-0.25, -0.2) is 0 Å². The molecule has 0 amide bonds. The first-order valence-corrected chi connectivity index (χ1v) is 5.71. The molecule has 80 valence electrons. The Labute approximate surface area is 95.0 Å². The highest BCUT2D eigenvalue weighted by Crippen LogP contribution is 2.29. The van der Waals surface area contributed by atoms with E-state index in [1.54, 1.807) is 0 Å². The number of benzene rings is 2. The Kier molecular flexibility index (Phi) is 2.26. The summed E-state index contributed by atoms with van der Waals surface area (Å²) in [6.45, 7) is 0. The lowest BCUT2D eigenvalue weighted by atomic mass is 10.0. The summed E-state index contributed by atoms with van der Waals surface area (Å²) in [5.74, 6) is 0. The largest absolute Gasteiger partial charge is 0.389 e. The van der Waals surface area contributed by atoms with Crippen molar-refractivity contribution < 1.29 is 5.11 Å². The number of hydrogen-bond acceptors (Lipinski definition) is 1. The minimum Gasteiger partial charge on any atom is -0.389 e. The molecule has 2 aromatic rings. The first-order chi connectivity index (χ1) is 7.83. The molecule has 0 aliphatic heterocycles. The summed E-state index contributed by atoms with van der Waals surface area (Å²) in [7, 11) is 0. The summed E-state index contributed by atoms with van der Waals surface area (Å²) in [5.41, 5.74) is 2.52. The minimum atomic E-state index is -0.249. The van der Waals surface area contributed by atoms with E-state index in [1.807, 2.05) is 6.08 Å². The van der Waals surface area contributed by atoms with Crippen LogP contribution in [0.4, 0.5) is 0 Å². The molecule has 0 saturated heterocycles. The number of aliphatic hydroxyl groups is 1. The number of allylic oxidation sites excluding steroid dienone is 1. The van der Waals surface area contributed by atoms with Crippen molar-refractivity contribution in [1.29, 1.82) is 0 Å². The predicted octanol–water partition coefficient (Wildman–Crippen LogP) is 3.38. The fourth-order valence-corrected chi connectivity index (χ4v) is 2.33. The van der Waals surface area contributed by atoms with E-state index in [0.29, 0.717) is 0 Å². The molecule has 3 rings (SSSR count). The van der Waals surface area contributed by atoms with Crippen LogP contribution in [0.5, 0.6) is 0 Å². The van der Waals surface area contributed by atoms with Gasteiger partial charge in [0.2, 0.25) is 0 Å². The number of fused-ring (bicyclic) bond motifs is 1. The molecule has 2 aromatic carbocycles. The van der Waals surface area contributed by atoms with Crippen molar-refractivity contribution in [2.75, 3.05) is 0 Å². The summed E-state index contributed by atoms with van der Waals surface area (Å²) in [5, 5.41) is 12.0. The Balaban J connectivity index is 2.09. The van der Waals surface area contributed by atoms with E-state index in [2.05, 4.69) is 42.5 Å². The van der Waals surface area contributed by atoms with Crippen molar-refractivity contribution in [2.45, 2.75) is 18.9 Å². The quantitative estimate of drug-likeness (QED) is 0.765. The van der Waals surface area contributed by atoms with E-state index in [4.69, 9.17) is 0 Å². The van der Waals surface area contributed by atoms with E-state index < -0.39 is 0 Å². The van der Waals surface area contributed by atoms with Gasteiger partial charge < -0.3 is 5.11 Å². The molecular weight excluding hydrogens is 196 g/mol. The van der Waals surface area contributed by atoms with Crippen LogP contribution in [0.3, 0.4) is 0 Å². The molecule has 1 N–H and O–H groups in total. The molecule has 1 heteroatoms. The number of hydrogen-bond donors (Lipinski definition) is 1. The molecule has 1 unspecified atom stereocenters. The monoisotopic (exact) mass is 210 g/mol. The van der Waals surface area contributed by atoms with Crippen LogP contribution in [0, 0.1) is 0 Å². The third kappa shape index (κ3) is 1.63. The highest BCUT2D eigenvalue weighted by atomic mass is 16.3. The molecule has 0 radical (unpaired) electrons. The van der Waals surface area contributed by atoms with E-state index in [1.165, 1.54) is 21.9 Å². The normalized spacial score (nSPS) is 20.1. The maximum Gasteiger partial charge on any atom is 0.0730 e. The Bertz CT molecular complexity index is 554. The van der Waals surface area contributed by atoms with Crippen molar-refractivity contribution in [3.05, 3.63) is 54.1 Å². The third-order valence-electron chi connectivity index (χ3n) is 3.22. The standard InChI is InChI=1S/C15H14O/c16-15-8-7-14(10-15)13-6-5-11-3-1-2-4-12(11)9-13/h1-6,9-10,15-16H,7-8H2. The van der Waals surface area contributed by atoms with Crippen LogP contribution in [0.1, 0.15) is 18.4 Å². The van der Waals surface area contributed by atoms with E-state index >= 15 is 0 Å². The molecule has 1 atom stereocenters. The molecule has 0 saturated carbocycles. The van der Waals surface area contributed by atoms with Gasteiger partial charge >= 0.3 is 0 Å².